The number of nitrogens with one attached hydrogen (secondary N) is 1. The lowest BCUT2D eigenvalue weighted by atomic mass is 9.97. The van der Waals surface area contributed by atoms with Gasteiger partial charge in [0.15, 0.2) is 0 Å². The van der Waals surface area contributed by atoms with Crippen LogP contribution in [0.15, 0.2) is 60.8 Å². The zero-order chi connectivity index (χ0) is 18.1. The Morgan fingerprint density at radius 2 is 1.92 bits per heavy atom. The smallest absolute Gasteiger partial charge is 0.253 e. The number of hydrogen-bond acceptors (Lipinski definition) is 2. The summed E-state index contributed by atoms with van der Waals surface area (Å²) in [5, 5.41) is 14.3. The number of aliphatic hydroxyl groups is 1. The highest BCUT2D eigenvalue weighted by molar-refractivity contribution is 6.07. The summed E-state index contributed by atoms with van der Waals surface area (Å²) in [5.41, 5.74) is 2.36. The van der Waals surface area contributed by atoms with Crippen LogP contribution in [-0.2, 0) is 6.54 Å². The number of carbonyl (C=O) groups excluding carboxylic acids is 1. The summed E-state index contributed by atoms with van der Waals surface area (Å²) < 4.78 is 2.12. The van der Waals surface area contributed by atoms with Crippen LogP contribution in [-0.4, -0.2) is 27.2 Å². The van der Waals surface area contributed by atoms with Crippen molar-refractivity contribution in [2.75, 3.05) is 0 Å². The van der Waals surface area contributed by atoms with E-state index in [1.807, 2.05) is 55.6 Å². The van der Waals surface area contributed by atoms with Crippen LogP contribution in [0.3, 0.4) is 0 Å². The van der Waals surface area contributed by atoms with Crippen molar-refractivity contribution in [3.8, 4) is 0 Å². The van der Waals surface area contributed by atoms with Gasteiger partial charge in [-0.25, -0.2) is 0 Å². The number of aliphatic hydroxyl groups excluding tert-OH is 1. The fourth-order valence-corrected chi connectivity index (χ4v) is 3.96. The van der Waals surface area contributed by atoms with E-state index in [9.17, 15) is 9.90 Å². The molecule has 0 aliphatic heterocycles. The van der Waals surface area contributed by atoms with Crippen molar-refractivity contribution < 1.29 is 9.90 Å². The average Bonchev–Trinajstić information content (AvgIpc) is 3.17. The number of para-hydroxylation sites is 1. The summed E-state index contributed by atoms with van der Waals surface area (Å²) in [5.74, 6) is -0.114. The number of fused-ring (bicyclic) bond motifs is 1. The first-order valence-electron chi connectivity index (χ1n) is 9.19. The van der Waals surface area contributed by atoms with E-state index in [0.29, 0.717) is 12.1 Å². The minimum atomic E-state index is -0.542. The largest absolute Gasteiger partial charge is 0.391 e. The zero-order valence-corrected chi connectivity index (χ0v) is 15.0. The Labute approximate surface area is 153 Å². The minimum Gasteiger partial charge on any atom is -0.391 e. The lowest BCUT2D eigenvalue weighted by Gasteiger charge is -2.29. The molecular formula is C22H24N2O2. The Morgan fingerprint density at radius 3 is 2.65 bits per heavy atom. The Bertz CT molecular complexity index is 932. The third kappa shape index (κ3) is 3.01. The maximum absolute atomic E-state index is 13.0. The van der Waals surface area contributed by atoms with E-state index < -0.39 is 11.6 Å². The van der Waals surface area contributed by atoms with Crippen LogP contribution in [0.5, 0.6) is 0 Å². The number of carbonyl (C=O) groups is 1. The van der Waals surface area contributed by atoms with Crippen molar-refractivity contribution in [2.45, 2.75) is 44.4 Å². The predicted molar refractivity (Wildman–Crippen MR) is 103 cm³/mol. The summed E-state index contributed by atoms with van der Waals surface area (Å²) in [7, 11) is 0. The lowest BCUT2D eigenvalue weighted by molar-refractivity contribution is 0.0710. The molecule has 1 aliphatic rings. The molecule has 1 heterocycles. The molecule has 26 heavy (non-hydrogen) atoms. The molecule has 1 amide bonds. The van der Waals surface area contributed by atoms with Crippen LogP contribution in [0.2, 0.25) is 0 Å². The Balaban J connectivity index is 1.68. The van der Waals surface area contributed by atoms with Gasteiger partial charge in [0, 0.05) is 23.6 Å². The Kier molecular flexibility index (Phi) is 4.29. The topological polar surface area (TPSA) is 54.3 Å². The Hall–Kier alpha value is -2.59. The van der Waals surface area contributed by atoms with Crippen LogP contribution in [0.1, 0.15) is 42.1 Å². The molecule has 2 N–H and O–H groups in total. The summed E-state index contributed by atoms with van der Waals surface area (Å²) in [4.78, 5) is 13.0. The van der Waals surface area contributed by atoms with Gasteiger partial charge in [0.25, 0.3) is 5.91 Å². The molecule has 4 rings (SSSR count). The molecule has 1 aliphatic carbocycles. The van der Waals surface area contributed by atoms with Crippen LogP contribution < -0.4 is 5.32 Å². The SMILES string of the molecule is CC1(NC(=O)c2cn(Cc3ccccc3)c3ccccc23)CCCC1O. The molecule has 2 unspecified atom stereocenters. The van der Waals surface area contributed by atoms with Crippen LogP contribution >= 0.6 is 0 Å². The number of hydrogen-bond donors (Lipinski definition) is 2. The molecule has 0 spiro atoms. The molecule has 2 aromatic carbocycles. The van der Waals surface area contributed by atoms with Crippen molar-refractivity contribution >= 4 is 16.8 Å². The maximum atomic E-state index is 13.0. The first kappa shape index (κ1) is 16.9. The van der Waals surface area contributed by atoms with Gasteiger partial charge in [-0.05, 0) is 37.8 Å². The number of amides is 1. The fourth-order valence-electron chi connectivity index (χ4n) is 3.96. The molecule has 0 radical (unpaired) electrons. The monoisotopic (exact) mass is 348 g/mol. The van der Waals surface area contributed by atoms with Gasteiger partial charge in [-0.15, -0.1) is 0 Å². The van der Waals surface area contributed by atoms with Gasteiger partial charge in [0.1, 0.15) is 0 Å². The second-order valence-electron chi connectivity index (χ2n) is 7.45. The second kappa shape index (κ2) is 6.61. The molecule has 4 nitrogen and oxygen atoms in total. The fraction of sp³-hybridized carbons (Fsp3) is 0.318. The molecule has 1 saturated carbocycles. The Morgan fingerprint density at radius 1 is 1.19 bits per heavy atom. The van der Waals surface area contributed by atoms with Crippen molar-refractivity contribution in [1.82, 2.24) is 9.88 Å². The number of aromatic nitrogens is 1. The van der Waals surface area contributed by atoms with Crippen LogP contribution in [0.4, 0.5) is 0 Å². The zero-order valence-electron chi connectivity index (χ0n) is 15.0. The van der Waals surface area contributed by atoms with Crippen molar-refractivity contribution in [1.29, 1.82) is 0 Å². The van der Waals surface area contributed by atoms with E-state index in [4.69, 9.17) is 0 Å². The van der Waals surface area contributed by atoms with Gasteiger partial charge in [0.05, 0.1) is 17.2 Å². The van der Waals surface area contributed by atoms with Crippen molar-refractivity contribution in [3.63, 3.8) is 0 Å². The van der Waals surface area contributed by atoms with Crippen LogP contribution in [0, 0.1) is 0 Å². The lowest BCUT2D eigenvalue weighted by Crippen LogP contribution is -2.51. The molecule has 2 atom stereocenters. The van der Waals surface area contributed by atoms with Gasteiger partial charge >= 0.3 is 0 Å². The van der Waals surface area contributed by atoms with Gasteiger partial charge < -0.3 is 15.0 Å². The third-order valence-electron chi connectivity index (χ3n) is 5.54. The molecule has 134 valence electrons. The molecule has 0 saturated heterocycles. The van der Waals surface area contributed by atoms with Crippen molar-refractivity contribution in [2.24, 2.45) is 0 Å². The van der Waals surface area contributed by atoms with Crippen molar-refractivity contribution in [3.05, 3.63) is 71.9 Å². The normalized spacial score (nSPS) is 22.6. The molecular weight excluding hydrogens is 324 g/mol. The van der Waals surface area contributed by atoms with Gasteiger partial charge in [-0.3, -0.25) is 4.79 Å². The van der Waals surface area contributed by atoms with E-state index in [0.717, 1.165) is 30.2 Å². The molecule has 0 bridgehead atoms. The highest BCUT2D eigenvalue weighted by Gasteiger charge is 2.39. The van der Waals surface area contributed by atoms with E-state index in [1.54, 1.807) is 0 Å². The van der Waals surface area contributed by atoms with Gasteiger partial charge in [-0.1, -0.05) is 48.5 Å². The molecule has 3 aromatic rings. The first-order chi connectivity index (χ1) is 12.6. The quantitative estimate of drug-likeness (QED) is 0.755. The predicted octanol–water partition coefficient (Wildman–Crippen LogP) is 3.72. The van der Waals surface area contributed by atoms with E-state index in [1.165, 1.54) is 5.56 Å². The molecule has 1 fully saturated rings. The average molecular weight is 348 g/mol. The first-order valence-corrected chi connectivity index (χ1v) is 9.19. The van der Waals surface area contributed by atoms with Crippen LogP contribution in [0.25, 0.3) is 10.9 Å². The summed E-state index contributed by atoms with van der Waals surface area (Å²) in [6.07, 6.45) is 3.93. The summed E-state index contributed by atoms with van der Waals surface area (Å²) in [6.45, 7) is 2.65. The summed E-state index contributed by atoms with van der Waals surface area (Å²) >= 11 is 0. The molecule has 1 aromatic heterocycles. The maximum Gasteiger partial charge on any atom is 0.253 e. The summed E-state index contributed by atoms with van der Waals surface area (Å²) in [6, 6.07) is 18.2. The van der Waals surface area contributed by atoms with Gasteiger partial charge in [-0.2, -0.15) is 0 Å². The highest BCUT2D eigenvalue weighted by Crippen LogP contribution is 2.31. The highest BCUT2D eigenvalue weighted by atomic mass is 16.3. The number of benzene rings is 2. The standard InChI is InChI=1S/C22H24N2O2/c1-22(13-7-12-20(22)25)23-21(26)18-15-24(14-16-8-3-2-4-9-16)19-11-6-5-10-17(18)19/h2-6,8-11,15,20,25H,7,12-14H2,1H3,(H,23,26). The third-order valence-corrected chi connectivity index (χ3v) is 5.54. The van der Waals surface area contributed by atoms with E-state index in [-0.39, 0.29) is 5.91 Å². The van der Waals surface area contributed by atoms with E-state index >= 15 is 0 Å². The second-order valence-corrected chi connectivity index (χ2v) is 7.45. The molecule has 4 heteroatoms. The number of rotatable bonds is 4. The minimum absolute atomic E-state index is 0.114. The van der Waals surface area contributed by atoms with E-state index in [2.05, 4.69) is 22.0 Å². The number of nitrogens with zero attached hydrogens (tertiary/aromatic N) is 1. The van der Waals surface area contributed by atoms with Gasteiger partial charge in [0.2, 0.25) is 0 Å².